The molecule has 2 aromatic carbocycles. The SMILES string of the molecule is CCc1c(C2C=CC=C2)[c-]c2c(c1CC)-c1ccccc1C2.C[Si](C)=[Zr+2].[Cl-].[Cl-]. The second-order valence-electron chi connectivity index (χ2n) is 7.19. The molecule has 0 spiro atoms. The Balaban J connectivity index is 0.000000601. The maximum absolute atomic E-state index is 3.81. The maximum Gasteiger partial charge on any atom is -1.00 e. The van der Waals surface area contributed by atoms with Gasteiger partial charge in [-0.2, -0.15) is 6.07 Å². The normalized spacial score (nSPS) is 13.1. The second kappa shape index (κ2) is 11.7. The zero-order valence-corrected chi connectivity index (χ0v) is 22.0. The van der Waals surface area contributed by atoms with E-state index < -0.39 is 0 Å². The Morgan fingerprint density at radius 3 is 2.14 bits per heavy atom. The van der Waals surface area contributed by atoms with Gasteiger partial charge in [0.25, 0.3) is 0 Å². The van der Waals surface area contributed by atoms with E-state index in [-0.39, 0.29) is 30.2 Å². The number of rotatable bonds is 3. The van der Waals surface area contributed by atoms with E-state index in [1.165, 1.54) is 33.4 Å². The van der Waals surface area contributed by atoms with Crippen molar-refractivity contribution in [2.75, 3.05) is 0 Å². The van der Waals surface area contributed by atoms with Crippen LogP contribution in [0.5, 0.6) is 0 Å². The Morgan fingerprint density at radius 1 is 1.00 bits per heavy atom. The van der Waals surface area contributed by atoms with Crippen molar-refractivity contribution < 1.29 is 48.1 Å². The first kappa shape index (κ1) is 25.6. The van der Waals surface area contributed by atoms with Gasteiger partial charge >= 0.3 is 41.9 Å². The molecule has 4 heteroatoms. The Hall–Kier alpha value is -0.400. The molecule has 0 bridgehead atoms. The fraction of sp³-hybridized carbons (Fsp3) is 0.333. The molecule has 0 heterocycles. The topological polar surface area (TPSA) is 0 Å². The average Bonchev–Trinajstić information content (AvgIpc) is 3.26. The van der Waals surface area contributed by atoms with Gasteiger partial charge in [-0.1, -0.05) is 86.4 Å². The van der Waals surface area contributed by atoms with Gasteiger partial charge in [0, 0.05) is 0 Å². The van der Waals surface area contributed by atoms with Crippen LogP contribution in [0.25, 0.3) is 11.1 Å². The van der Waals surface area contributed by atoms with Crippen molar-refractivity contribution >= 4 is 5.43 Å². The van der Waals surface area contributed by atoms with E-state index >= 15 is 0 Å². The molecule has 0 amide bonds. The van der Waals surface area contributed by atoms with Crippen LogP contribution in [-0.4, -0.2) is 5.43 Å². The van der Waals surface area contributed by atoms with Crippen molar-refractivity contribution in [1.82, 2.24) is 0 Å². The van der Waals surface area contributed by atoms with Crippen molar-refractivity contribution in [1.29, 1.82) is 0 Å². The van der Waals surface area contributed by atoms with Crippen LogP contribution >= 0.6 is 0 Å². The summed E-state index contributed by atoms with van der Waals surface area (Å²) in [5.41, 5.74) is 10.4. The summed E-state index contributed by atoms with van der Waals surface area (Å²) in [7, 11) is 0. The summed E-state index contributed by atoms with van der Waals surface area (Å²) in [6.07, 6.45) is 12.1. The first-order valence-electron chi connectivity index (χ1n) is 9.61. The van der Waals surface area contributed by atoms with Crippen molar-refractivity contribution in [3.8, 4) is 11.1 Å². The van der Waals surface area contributed by atoms with Crippen molar-refractivity contribution in [2.24, 2.45) is 0 Å². The first-order chi connectivity index (χ1) is 12.6. The monoisotopic (exact) mass is 503 g/mol. The van der Waals surface area contributed by atoms with Crippen LogP contribution < -0.4 is 24.8 Å². The molecular formula is C24H27Cl2SiZr-. The van der Waals surface area contributed by atoms with E-state index in [4.69, 9.17) is 0 Å². The number of hydrogen-bond acceptors (Lipinski definition) is 0. The van der Waals surface area contributed by atoms with E-state index in [0.717, 1.165) is 19.3 Å². The van der Waals surface area contributed by atoms with Crippen LogP contribution in [-0.2, 0) is 42.6 Å². The number of fused-ring (bicyclic) bond motifs is 3. The summed E-state index contributed by atoms with van der Waals surface area (Å²) in [5.74, 6) is 0.411. The molecule has 0 aromatic heterocycles. The Labute approximate surface area is 198 Å². The summed E-state index contributed by atoms with van der Waals surface area (Å²) in [4.78, 5) is 0. The number of benzene rings is 2. The van der Waals surface area contributed by atoms with Crippen LogP contribution in [0.2, 0.25) is 13.1 Å². The number of allylic oxidation sites excluding steroid dienone is 4. The fourth-order valence-electron chi connectivity index (χ4n) is 4.07. The maximum atomic E-state index is 3.81. The first-order valence-corrected chi connectivity index (χ1v) is 15.8. The molecule has 2 aromatic rings. The van der Waals surface area contributed by atoms with E-state index in [1.807, 2.05) is 0 Å². The largest absolute Gasteiger partial charge is 1.00 e. The minimum atomic E-state index is 0. The molecule has 0 saturated carbocycles. The second-order valence-corrected chi connectivity index (χ2v) is 16.6. The molecule has 0 radical (unpaired) electrons. The van der Waals surface area contributed by atoms with Crippen LogP contribution in [0.1, 0.15) is 47.6 Å². The summed E-state index contributed by atoms with van der Waals surface area (Å²) >= 11 is 1.74. The van der Waals surface area contributed by atoms with E-state index in [0.29, 0.717) is 5.92 Å². The van der Waals surface area contributed by atoms with E-state index in [1.54, 1.807) is 28.9 Å². The molecule has 146 valence electrons. The summed E-state index contributed by atoms with van der Waals surface area (Å²) in [6.45, 7) is 9.19. The molecule has 0 aliphatic heterocycles. The third-order valence-electron chi connectivity index (χ3n) is 5.02. The summed E-state index contributed by atoms with van der Waals surface area (Å²) in [6, 6.07) is 12.7. The molecule has 0 saturated heterocycles. The number of hydrogen-bond donors (Lipinski definition) is 0. The van der Waals surface area contributed by atoms with Gasteiger partial charge in [-0.3, -0.25) is 0 Å². The minimum absolute atomic E-state index is 0. The van der Waals surface area contributed by atoms with Gasteiger partial charge in [0.1, 0.15) is 0 Å². The van der Waals surface area contributed by atoms with Crippen molar-refractivity contribution in [3.05, 3.63) is 82.5 Å². The van der Waals surface area contributed by atoms with Gasteiger partial charge in [0.05, 0.1) is 0 Å². The van der Waals surface area contributed by atoms with Gasteiger partial charge < -0.3 is 24.8 Å². The number of halogens is 2. The molecule has 28 heavy (non-hydrogen) atoms. The third kappa shape index (κ3) is 5.39. The Bertz CT molecular complexity index is 884. The van der Waals surface area contributed by atoms with Crippen LogP contribution in [0.3, 0.4) is 0 Å². The zero-order chi connectivity index (χ0) is 18.7. The molecular weight excluding hydrogens is 478 g/mol. The molecule has 0 N–H and O–H groups in total. The van der Waals surface area contributed by atoms with Gasteiger partial charge in [-0.25, -0.2) is 0 Å². The van der Waals surface area contributed by atoms with Crippen LogP contribution in [0, 0.1) is 6.07 Å². The Kier molecular flexibility index (Phi) is 10.7. The van der Waals surface area contributed by atoms with Crippen LogP contribution in [0.4, 0.5) is 0 Å². The molecule has 2 aliphatic carbocycles. The quantitative estimate of drug-likeness (QED) is 0.352. The zero-order valence-electron chi connectivity index (χ0n) is 17.1. The Morgan fingerprint density at radius 2 is 1.57 bits per heavy atom. The van der Waals surface area contributed by atoms with Gasteiger partial charge in [-0.05, 0) is 12.3 Å². The van der Waals surface area contributed by atoms with Gasteiger partial charge in [-0.15, -0.1) is 27.8 Å². The molecule has 0 nitrogen and oxygen atoms in total. The third-order valence-corrected chi connectivity index (χ3v) is 5.02. The van der Waals surface area contributed by atoms with Gasteiger partial charge in [0.2, 0.25) is 0 Å². The molecule has 0 fully saturated rings. The molecule has 0 unspecified atom stereocenters. The standard InChI is InChI=1S/C22H21.C2H6Si.2ClH.Zr/c1-3-18-19(4-2)22-17(13-16-11-7-8-12-20(16)22)14-21(18)15-9-5-6-10-15;1-3-2;;;/h5-12,15H,3-4,13H2,1-2H3;1-2H3;2*1H;/q-1;;;;+2/p-2. The average molecular weight is 506 g/mol. The summed E-state index contributed by atoms with van der Waals surface area (Å²) < 4.78 is 0. The van der Waals surface area contributed by atoms with Crippen molar-refractivity contribution in [3.63, 3.8) is 0 Å². The fourth-order valence-corrected chi connectivity index (χ4v) is 4.07. The summed E-state index contributed by atoms with van der Waals surface area (Å²) in [5, 5.41) is 0. The van der Waals surface area contributed by atoms with E-state index in [2.05, 4.69) is 81.6 Å². The van der Waals surface area contributed by atoms with E-state index in [9.17, 15) is 0 Å². The van der Waals surface area contributed by atoms with Crippen LogP contribution in [0.15, 0.2) is 48.6 Å². The molecule has 0 atom stereocenters. The molecule has 4 rings (SSSR count). The van der Waals surface area contributed by atoms with Gasteiger partial charge in [0.15, 0.2) is 0 Å². The predicted octanol–water partition coefficient (Wildman–Crippen LogP) is 0.185. The smallest absolute Gasteiger partial charge is 1.00 e. The minimum Gasteiger partial charge on any atom is -1.00 e. The predicted molar refractivity (Wildman–Crippen MR) is 111 cm³/mol. The van der Waals surface area contributed by atoms with Crippen molar-refractivity contribution in [2.45, 2.75) is 52.1 Å². The molecule has 2 aliphatic rings.